The Morgan fingerprint density at radius 2 is 2.00 bits per heavy atom. The Bertz CT molecular complexity index is 145. The number of hydrogen-bond donors (Lipinski definition) is 1. The molecular weight excluding hydrogens is 148 g/mol. The lowest BCUT2D eigenvalue weighted by atomic mass is 9.84. The molecule has 70 valence electrons. The van der Waals surface area contributed by atoms with Crippen molar-refractivity contribution in [1.82, 2.24) is 0 Å². The second-order valence-electron chi connectivity index (χ2n) is 4.10. The lowest BCUT2D eigenvalue weighted by Crippen LogP contribution is -2.16. The Labute approximate surface area is 75.5 Å². The largest absolute Gasteiger partial charge is 0.389 e. The molecule has 1 fully saturated rings. The first-order valence-electron chi connectivity index (χ1n) is 5.03. The van der Waals surface area contributed by atoms with Crippen molar-refractivity contribution in [2.24, 2.45) is 5.92 Å². The maximum atomic E-state index is 9.58. The van der Waals surface area contributed by atoms with Crippen molar-refractivity contribution in [2.75, 3.05) is 0 Å². The number of hydrogen-bond acceptors (Lipinski definition) is 1. The van der Waals surface area contributed by atoms with Crippen LogP contribution in [-0.2, 0) is 0 Å². The van der Waals surface area contributed by atoms with Crippen LogP contribution in [0.25, 0.3) is 0 Å². The molecule has 1 aliphatic rings. The van der Waals surface area contributed by atoms with Gasteiger partial charge < -0.3 is 5.11 Å². The molecule has 0 heterocycles. The summed E-state index contributed by atoms with van der Waals surface area (Å²) >= 11 is 0. The average molecular weight is 168 g/mol. The molecule has 0 aromatic carbocycles. The standard InChI is InChI=1S/C11H20O/c1-9(2)11(12)8-10-6-4-3-5-7-10/h10-12H,1,3-8H2,2H3. The van der Waals surface area contributed by atoms with E-state index in [1.807, 2.05) is 6.92 Å². The van der Waals surface area contributed by atoms with Crippen LogP contribution in [0.3, 0.4) is 0 Å². The Balaban J connectivity index is 2.24. The number of rotatable bonds is 3. The number of aliphatic hydroxyl groups is 1. The smallest absolute Gasteiger partial charge is 0.0747 e. The van der Waals surface area contributed by atoms with E-state index in [4.69, 9.17) is 0 Å². The topological polar surface area (TPSA) is 20.2 Å². The summed E-state index contributed by atoms with van der Waals surface area (Å²) < 4.78 is 0. The molecule has 1 atom stereocenters. The minimum Gasteiger partial charge on any atom is -0.389 e. The molecule has 1 N–H and O–H groups in total. The molecule has 0 spiro atoms. The van der Waals surface area contributed by atoms with Gasteiger partial charge in [-0.1, -0.05) is 44.3 Å². The second-order valence-corrected chi connectivity index (χ2v) is 4.10. The van der Waals surface area contributed by atoms with Crippen LogP contribution in [0.5, 0.6) is 0 Å². The highest BCUT2D eigenvalue weighted by Crippen LogP contribution is 2.28. The summed E-state index contributed by atoms with van der Waals surface area (Å²) in [6, 6.07) is 0. The first-order chi connectivity index (χ1) is 5.70. The third-order valence-electron chi connectivity index (χ3n) is 2.85. The Hall–Kier alpha value is -0.300. The van der Waals surface area contributed by atoms with Gasteiger partial charge in [0.05, 0.1) is 6.10 Å². The lowest BCUT2D eigenvalue weighted by Gasteiger charge is -2.23. The molecule has 0 aliphatic heterocycles. The van der Waals surface area contributed by atoms with Crippen LogP contribution in [-0.4, -0.2) is 11.2 Å². The Morgan fingerprint density at radius 1 is 1.42 bits per heavy atom. The zero-order valence-corrected chi connectivity index (χ0v) is 8.05. The van der Waals surface area contributed by atoms with Crippen LogP contribution in [0.15, 0.2) is 12.2 Å². The predicted octanol–water partition coefficient (Wildman–Crippen LogP) is 2.89. The van der Waals surface area contributed by atoms with Crippen molar-refractivity contribution in [2.45, 2.75) is 51.6 Å². The van der Waals surface area contributed by atoms with Crippen molar-refractivity contribution in [3.63, 3.8) is 0 Å². The molecule has 1 rings (SSSR count). The summed E-state index contributed by atoms with van der Waals surface area (Å²) in [6.07, 6.45) is 7.40. The van der Waals surface area contributed by atoms with Gasteiger partial charge in [0, 0.05) is 0 Å². The molecule has 0 radical (unpaired) electrons. The fraction of sp³-hybridized carbons (Fsp3) is 0.818. The summed E-state index contributed by atoms with van der Waals surface area (Å²) in [5.74, 6) is 0.755. The molecule has 0 aromatic rings. The van der Waals surface area contributed by atoms with Crippen molar-refractivity contribution in [3.05, 3.63) is 12.2 Å². The van der Waals surface area contributed by atoms with Gasteiger partial charge in [0.25, 0.3) is 0 Å². The molecule has 0 aromatic heterocycles. The fourth-order valence-electron chi connectivity index (χ4n) is 1.94. The highest BCUT2D eigenvalue weighted by Gasteiger charge is 2.17. The third-order valence-corrected chi connectivity index (χ3v) is 2.85. The van der Waals surface area contributed by atoms with Gasteiger partial charge in [0.15, 0.2) is 0 Å². The molecular formula is C11H20O. The van der Waals surface area contributed by atoms with Gasteiger partial charge in [-0.05, 0) is 19.3 Å². The highest BCUT2D eigenvalue weighted by molar-refractivity contribution is 4.97. The van der Waals surface area contributed by atoms with Gasteiger partial charge in [0.2, 0.25) is 0 Å². The molecule has 0 saturated heterocycles. The quantitative estimate of drug-likeness (QED) is 0.642. The molecule has 1 aliphatic carbocycles. The van der Waals surface area contributed by atoms with E-state index in [1.165, 1.54) is 32.1 Å². The fourth-order valence-corrected chi connectivity index (χ4v) is 1.94. The minimum absolute atomic E-state index is 0.256. The summed E-state index contributed by atoms with van der Waals surface area (Å²) in [6.45, 7) is 5.68. The van der Waals surface area contributed by atoms with Crippen molar-refractivity contribution in [3.8, 4) is 0 Å². The van der Waals surface area contributed by atoms with Gasteiger partial charge in [-0.25, -0.2) is 0 Å². The van der Waals surface area contributed by atoms with Crippen LogP contribution in [0.4, 0.5) is 0 Å². The number of aliphatic hydroxyl groups excluding tert-OH is 1. The van der Waals surface area contributed by atoms with Gasteiger partial charge in [-0.2, -0.15) is 0 Å². The lowest BCUT2D eigenvalue weighted by molar-refractivity contribution is 0.160. The van der Waals surface area contributed by atoms with Crippen molar-refractivity contribution < 1.29 is 5.11 Å². The van der Waals surface area contributed by atoms with Crippen molar-refractivity contribution >= 4 is 0 Å². The normalized spacial score (nSPS) is 22.2. The van der Waals surface area contributed by atoms with Crippen LogP contribution in [0.1, 0.15) is 45.4 Å². The summed E-state index contributed by atoms with van der Waals surface area (Å²) in [5, 5.41) is 9.58. The molecule has 1 saturated carbocycles. The monoisotopic (exact) mass is 168 g/mol. The van der Waals surface area contributed by atoms with Crippen LogP contribution >= 0.6 is 0 Å². The van der Waals surface area contributed by atoms with Crippen LogP contribution in [0.2, 0.25) is 0 Å². The van der Waals surface area contributed by atoms with E-state index in [-0.39, 0.29) is 6.10 Å². The zero-order chi connectivity index (χ0) is 8.97. The van der Waals surface area contributed by atoms with E-state index in [1.54, 1.807) is 0 Å². The first kappa shape index (κ1) is 9.79. The average Bonchev–Trinajstić information content (AvgIpc) is 2.06. The first-order valence-corrected chi connectivity index (χ1v) is 5.03. The Morgan fingerprint density at radius 3 is 2.50 bits per heavy atom. The highest BCUT2D eigenvalue weighted by atomic mass is 16.3. The van der Waals surface area contributed by atoms with E-state index in [9.17, 15) is 5.11 Å². The van der Waals surface area contributed by atoms with E-state index in [2.05, 4.69) is 6.58 Å². The van der Waals surface area contributed by atoms with Crippen molar-refractivity contribution in [1.29, 1.82) is 0 Å². The predicted molar refractivity (Wildman–Crippen MR) is 52.0 cm³/mol. The van der Waals surface area contributed by atoms with Crippen LogP contribution in [0, 0.1) is 5.92 Å². The van der Waals surface area contributed by atoms with E-state index >= 15 is 0 Å². The van der Waals surface area contributed by atoms with E-state index < -0.39 is 0 Å². The van der Waals surface area contributed by atoms with Gasteiger partial charge >= 0.3 is 0 Å². The summed E-state index contributed by atoms with van der Waals surface area (Å²) in [5.41, 5.74) is 0.917. The maximum Gasteiger partial charge on any atom is 0.0747 e. The third kappa shape index (κ3) is 2.98. The summed E-state index contributed by atoms with van der Waals surface area (Å²) in [7, 11) is 0. The molecule has 1 heteroatoms. The van der Waals surface area contributed by atoms with Gasteiger partial charge in [0.1, 0.15) is 0 Å². The molecule has 0 bridgehead atoms. The van der Waals surface area contributed by atoms with Crippen LogP contribution < -0.4 is 0 Å². The van der Waals surface area contributed by atoms with E-state index in [0.29, 0.717) is 0 Å². The summed E-state index contributed by atoms with van der Waals surface area (Å²) in [4.78, 5) is 0. The zero-order valence-electron chi connectivity index (χ0n) is 8.05. The molecule has 1 unspecified atom stereocenters. The maximum absolute atomic E-state index is 9.58. The SMILES string of the molecule is C=C(C)C(O)CC1CCCCC1. The Kier molecular flexibility index (Phi) is 3.80. The molecule has 1 nitrogen and oxygen atoms in total. The minimum atomic E-state index is -0.256. The second kappa shape index (κ2) is 4.66. The van der Waals surface area contributed by atoms with E-state index in [0.717, 1.165) is 17.9 Å². The van der Waals surface area contributed by atoms with Gasteiger partial charge in [-0.15, -0.1) is 0 Å². The molecule has 12 heavy (non-hydrogen) atoms. The molecule has 0 amide bonds. The van der Waals surface area contributed by atoms with Gasteiger partial charge in [-0.3, -0.25) is 0 Å².